The Labute approximate surface area is 142 Å². The maximum atomic E-state index is 11.9. The first-order valence-corrected chi connectivity index (χ1v) is 8.29. The number of fused-ring (bicyclic) bond motifs is 1. The van der Waals surface area contributed by atoms with Crippen molar-refractivity contribution in [2.45, 2.75) is 19.8 Å². The van der Waals surface area contributed by atoms with Crippen LogP contribution in [0.25, 0.3) is 5.57 Å². The van der Waals surface area contributed by atoms with Gasteiger partial charge in [-0.05, 0) is 42.2 Å². The van der Waals surface area contributed by atoms with Crippen LogP contribution in [0.15, 0.2) is 35.6 Å². The molecule has 1 aromatic carbocycles. The van der Waals surface area contributed by atoms with E-state index < -0.39 is 5.97 Å². The van der Waals surface area contributed by atoms with Crippen molar-refractivity contribution in [1.29, 1.82) is 0 Å². The number of methoxy groups -OCH3 is 1. The van der Waals surface area contributed by atoms with E-state index in [4.69, 9.17) is 9.47 Å². The lowest BCUT2D eigenvalue weighted by atomic mass is 9.82. The Morgan fingerprint density at radius 3 is 3.00 bits per heavy atom. The van der Waals surface area contributed by atoms with Gasteiger partial charge >= 0.3 is 5.97 Å². The summed E-state index contributed by atoms with van der Waals surface area (Å²) in [4.78, 5) is 14.0. The van der Waals surface area contributed by atoms with E-state index in [0.717, 1.165) is 25.3 Å². The Kier molecular flexibility index (Phi) is 4.90. The first-order valence-electron chi connectivity index (χ1n) is 8.29. The maximum absolute atomic E-state index is 11.9. The second-order valence-electron chi connectivity index (χ2n) is 6.06. The Bertz CT molecular complexity index is 705. The lowest BCUT2D eigenvalue weighted by molar-refractivity contribution is -0.139. The van der Waals surface area contributed by atoms with E-state index in [2.05, 4.69) is 23.1 Å². The molecule has 1 aromatic rings. The highest BCUT2D eigenvalue weighted by atomic mass is 16.5. The van der Waals surface area contributed by atoms with Crippen LogP contribution >= 0.6 is 0 Å². The summed E-state index contributed by atoms with van der Waals surface area (Å²) in [6, 6.07) is 6.15. The van der Waals surface area contributed by atoms with E-state index in [9.17, 15) is 9.90 Å². The summed E-state index contributed by atoms with van der Waals surface area (Å²) >= 11 is 0. The number of carbonyl (C=O) groups is 1. The number of aliphatic hydroxyl groups is 1. The molecule has 1 N–H and O–H groups in total. The summed E-state index contributed by atoms with van der Waals surface area (Å²) in [6.45, 7) is 4.01. The minimum Gasteiger partial charge on any atom is -0.512 e. The molecule has 2 aliphatic rings. The van der Waals surface area contributed by atoms with Crippen LogP contribution < -0.4 is 4.74 Å². The minimum absolute atomic E-state index is 0.163. The van der Waals surface area contributed by atoms with Gasteiger partial charge in [0.05, 0.1) is 19.3 Å². The molecule has 0 saturated heterocycles. The molecule has 0 saturated carbocycles. The molecule has 0 fully saturated rings. The zero-order chi connectivity index (χ0) is 17.1. The van der Waals surface area contributed by atoms with Crippen LogP contribution in [0.2, 0.25) is 0 Å². The first-order chi connectivity index (χ1) is 11.6. The van der Waals surface area contributed by atoms with Gasteiger partial charge in [-0.2, -0.15) is 0 Å². The molecule has 0 radical (unpaired) electrons. The van der Waals surface area contributed by atoms with E-state index in [1.807, 2.05) is 6.07 Å². The third-order valence-corrected chi connectivity index (χ3v) is 4.56. The molecule has 0 bridgehead atoms. The predicted molar refractivity (Wildman–Crippen MR) is 92.0 cm³/mol. The number of rotatable bonds is 5. The summed E-state index contributed by atoms with van der Waals surface area (Å²) in [6.07, 6.45) is 3.66. The highest BCUT2D eigenvalue weighted by Gasteiger charge is 2.25. The molecule has 1 aliphatic carbocycles. The van der Waals surface area contributed by atoms with Crippen molar-refractivity contribution in [3.63, 3.8) is 0 Å². The van der Waals surface area contributed by atoms with Gasteiger partial charge in [0.2, 0.25) is 0 Å². The summed E-state index contributed by atoms with van der Waals surface area (Å²) < 4.78 is 10.3. The highest BCUT2D eigenvalue weighted by Crippen LogP contribution is 2.36. The van der Waals surface area contributed by atoms with E-state index in [1.165, 1.54) is 16.7 Å². The van der Waals surface area contributed by atoms with Crippen LogP contribution in [0.4, 0.5) is 0 Å². The second-order valence-corrected chi connectivity index (χ2v) is 6.06. The average Bonchev–Trinajstić information content (AvgIpc) is 2.57. The number of aliphatic hydroxyl groups excluding tert-OH is 1. The molecule has 5 heteroatoms. The molecule has 0 spiro atoms. The van der Waals surface area contributed by atoms with E-state index >= 15 is 0 Å². The van der Waals surface area contributed by atoms with Crippen LogP contribution in [0, 0.1) is 0 Å². The molecule has 0 unspecified atom stereocenters. The van der Waals surface area contributed by atoms with Crippen LogP contribution in [-0.2, 0) is 16.0 Å². The van der Waals surface area contributed by atoms with Crippen molar-refractivity contribution in [2.75, 3.05) is 33.4 Å². The SMILES string of the molecule is CCOC(=O)C1=C(O)CCN(C/C=C2/Cc3ccc(OC)cc32)C1. The van der Waals surface area contributed by atoms with Crippen LogP contribution in [0.5, 0.6) is 5.75 Å². The summed E-state index contributed by atoms with van der Waals surface area (Å²) in [5.74, 6) is 0.622. The zero-order valence-corrected chi connectivity index (χ0v) is 14.2. The summed E-state index contributed by atoms with van der Waals surface area (Å²) in [5.41, 5.74) is 4.28. The molecule has 3 rings (SSSR count). The largest absolute Gasteiger partial charge is 0.512 e. The van der Waals surface area contributed by atoms with Crippen molar-refractivity contribution in [2.24, 2.45) is 0 Å². The van der Waals surface area contributed by atoms with E-state index in [1.54, 1.807) is 14.0 Å². The molecule has 5 nitrogen and oxygen atoms in total. The number of allylic oxidation sites excluding steroid dienone is 1. The van der Waals surface area contributed by atoms with Crippen molar-refractivity contribution < 1.29 is 19.4 Å². The van der Waals surface area contributed by atoms with Crippen molar-refractivity contribution >= 4 is 11.5 Å². The van der Waals surface area contributed by atoms with Gasteiger partial charge in [-0.3, -0.25) is 4.90 Å². The van der Waals surface area contributed by atoms with E-state index in [-0.39, 0.29) is 5.76 Å². The summed E-state index contributed by atoms with van der Waals surface area (Å²) in [7, 11) is 1.67. The van der Waals surface area contributed by atoms with E-state index in [0.29, 0.717) is 25.1 Å². The fourth-order valence-electron chi connectivity index (χ4n) is 3.12. The molecule has 24 heavy (non-hydrogen) atoms. The second kappa shape index (κ2) is 7.09. The zero-order valence-electron chi connectivity index (χ0n) is 14.2. The third-order valence-electron chi connectivity index (χ3n) is 4.56. The molecule has 0 aromatic heterocycles. The average molecular weight is 329 g/mol. The smallest absolute Gasteiger partial charge is 0.338 e. The van der Waals surface area contributed by atoms with Crippen molar-refractivity contribution in [3.05, 3.63) is 46.7 Å². The number of ether oxygens (including phenoxy) is 2. The van der Waals surface area contributed by atoms with Gasteiger partial charge in [0, 0.05) is 26.1 Å². The van der Waals surface area contributed by atoms with Crippen molar-refractivity contribution in [1.82, 2.24) is 4.90 Å². The van der Waals surface area contributed by atoms with Crippen LogP contribution in [-0.4, -0.2) is 49.3 Å². The van der Waals surface area contributed by atoms with Gasteiger partial charge in [-0.15, -0.1) is 0 Å². The molecule has 1 aliphatic heterocycles. The van der Waals surface area contributed by atoms with Gasteiger partial charge in [0.15, 0.2) is 0 Å². The first kappa shape index (κ1) is 16.6. The fraction of sp³-hybridized carbons (Fsp3) is 0.421. The molecule has 0 atom stereocenters. The lowest BCUT2D eigenvalue weighted by Gasteiger charge is -2.29. The fourth-order valence-corrected chi connectivity index (χ4v) is 3.12. The number of hydrogen-bond acceptors (Lipinski definition) is 5. The standard InChI is InChI=1S/C19H23NO4/c1-3-24-19(22)17-12-20(9-7-18(17)21)8-6-14-10-13-4-5-15(23-2)11-16(13)14/h4-6,11,21H,3,7-10,12H2,1-2H3/b14-6-. The molecule has 128 valence electrons. The number of hydrogen-bond donors (Lipinski definition) is 1. The minimum atomic E-state index is -0.411. The third kappa shape index (κ3) is 3.31. The monoisotopic (exact) mass is 329 g/mol. The number of nitrogens with zero attached hydrogens (tertiary/aromatic N) is 1. The Morgan fingerprint density at radius 1 is 1.42 bits per heavy atom. The van der Waals surface area contributed by atoms with Gasteiger partial charge in [-0.25, -0.2) is 4.79 Å². The Hall–Kier alpha value is -2.27. The normalized spacial score (nSPS) is 19.0. The van der Waals surface area contributed by atoms with Crippen molar-refractivity contribution in [3.8, 4) is 5.75 Å². The van der Waals surface area contributed by atoms with Gasteiger partial charge < -0.3 is 14.6 Å². The Balaban J connectivity index is 1.64. The quantitative estimate of drug-likeness (QED) is 0.842. The molecular formula is C19H23NO4. The number of esters is 1. The highest BCUT2D eigenvalue weighted by molar-refractivity contribution is 5.89. The summed E-state index contributed by atoms with van der Waals surface area (Å²) in [5, 5.41) is 9.93. The lowest BCUT2D eigenvalue weighted by Crippen LogP contribution is -2.35. The predicted octanol–water partition coefficient (Wildman–Crippen LogP) is 2.72. The van der Waals surface area contributed by atoms with Gasteiger partial charge in [-0.1, -0.05) is 12.1 Å². The van der Waals surface area contributed by atoms with Crippen LogP contribution in [0.3, 0.4) is 0 Å². The number of benzene rings is 1. The molecule has 1 heterocycles. The number of carbonyl (C=O) groups excluding carboxylic acids is 1. The maximum Gasteiger partial charge on any atom is 0.338 e. The van der Waals surface area contributed by atoms with Crippen LogP contribution in [0.1, 0.15) is 24.5 Å². The van der Waals surface area contributed by atoms with Gasteiger partial charge in [0.1, 0.15) is 11.5 Å². The topological polar surface area (TPSA) is 59.0 Å². The van der Waals surface area contributed by atoms with Gasteiger partial charge in [0.25, 0.3) is 0 Å². The molecule has 0 amide bonds. The molecular weight excluding hydrogens is 306 g/mol. The Morgan fingerprint density at radius 2 is 2.25 bits per heavy atom.